The Labute approximate surface area is 78.1 Å². The fourth-order valence-electron chi connectivity index (χ4n) is 0.559. The number of nitrogen functional groups attached to an aromatic ring is 2. The Morgan fingerprint density at radius 3 is 1.77 bits per heavy atom. The molecule has 4 N–H and O–H groups in total. The predicted octanol–water partition coefficient (Wildman–Crippen LogP) is 0.555. The summed E-state index contributed by atoms with van der Waals surface area (Å²) in [4.78, 5) is 10.9. The molecular weight excluding hydrogens is 166 g/mol. The topological polar surface area (TPSA) is 72.3 Å². The lowest BCUT2D eigenvalue weighted by Crippen LogP contribution is -2.06. The van der Waals surface area contributed by atoms with Crippen molar-refractivity contribution in [3.8, 4) is 0 Å². The number of hydrogen-bond donors (Lipinski definition) is 2. The Kier molecular flexibility index (Phi) is 5.11. The Morgan fingerprint density at radius 2 is 1.62 bits per heavy atom. The van der Waals surface area contributed by atoms with Crippen molar-refractivity contribution in [2.75, 3.05) is 25.6 Å². The zero-order valence-corrected chi connectivity index (χ0v) is 7.90. The molecule has 0 aromatic heterocycles. The second kappa shape index (κ2) is 5.88. The molecule has 0 bridgehead atoms. The Hall–Kier alpha value is -1.71. The summed E-state index contributed by atoms with van der Waals surface area (Å²) in [5.74, 6) is 0. The second-order valence-electron chi connectivity index (χ2n) is 2.74. The van der Waals surface area contributed by atoms with E-state index in [-0.39, 0.29) is 0 Å². The third-order valence-electron chi connectivity index (χ3n) is 1.12. The Morgan fingerprint density at radius 1 is 1.23 bits per heavy atom. The first kappa shape index (κ1) is 11.3. The van der Waals surface area contributed by atoms with Crippen LogP contribution >= 0.6 is 0 Å². The van der Waals surface area contributed by atoms with Crippen LogP contribution in [0.25, 0.3) is 0 Å². The van der Waals surface area contributed by atoms with Gasteiger partial charge in [-0.25, -0.2) is 0 Å². The fraction of sp³-hybridized carbons (Fsp3) is 0.222. The minimum Gasteiger partial charge on any atom is -0.399 e. The third-order valence-corrected chi connectivity index (χ3v) is 1.12. The van der Waals surface area contributed by atoms with Gasteiger partial charge in [0.05, 0.1) is 0 Å². The maximum Gasteiger partial charge on any atom is 0.209 e. The van der Waals surface area contributed by atoms with Gasteiger partial charge in [0, 0.05) is 25.5 Å². The third kappa shape index (κ3) is 6.68. The first-order chi connectivity index (χ1) is 6.06. The monoisotopic (exact) mass is 181 g/mol. The summed E-state index contributed by atoms with van der Waals surface area (Å²) in [6.45, 7) is 0. The standard InChI is InChI=1S/C6H8N2.C3H7NO/c7-5-2-1-3-6(8)4-5;1-4(2)3-5/h1-4H,7-8H2;3H,1-2H3. The highest BCUT2D eigenvalue weighted by atomic mass is 16.1. The van der Waals surface area contributed by atoms with Crippen molar-refractivity contribution in [1.29, 1.82) is 0 Å². The minimum absolute atomic E-state index is 0.713. The maximum absolute atomic E-state index is 9.43. The number of benzene rings is 1. The van der Waals surface area contributed by atoms with Crippen molar-refractivity contribution in [2.45, 2.75) is 0 Å². The molecule has 1 amide bonds. The summed E-state index contributed by atoms with van der Waals surface area (Å²) in [7, 11) is 3.38. The number of amides is 1. The largest absolute Gasteiger partial charge is 0.399 e. The summed E-state index contributed by atoms with van der Waals surface area (Å²) < 4.78 is 0. The van der Waals surface area contributed by atoms with Gasteiger partial charge in [0.15, 0.2) is 0 Å². The predicted molar refractivity (Wildman–Crippen MR) is 55.0 cm³/mol. The number of nitrogens with zero attached hydrogens (tertiary/aromatic N) is 1. The lowest BCUT2D eigenvalue weighted by Gasteiger charge is -1.93. The average molecular weight is 181 g/mol. The smallest absolute Gasteiger partial charge is 0.209 e. The van der Waals surface area contributed by atoms with Crippen molar-refractivity contribution in [2.24, 2.45) is 0 Å². The number of hydrogen-bond acceptors (Lipinski definition) is 3. The highest BCUT2D eigenvalue weighted by Crippen LogP contribution is 2.06. The van der Waals surface area contributed by atoms with Crippen molar-refractivity contribution in [3.05, 3.63) is 24.3 Å². The van der Waals surface area contributed by atoms with Gasteiger partial charge in [0.2, 0.25) is 6.41 Å². The van der Waals surface area contributed by atoms with Crippen LogP contribution in [0.5, 0.6) is 0 Å². The van der Waals surface area contributed by atoms with Crippen molar-refractivity contribution < 1.29 is 4.79 Å². The molecule has 1 aromatic rings. The summed E-state index contributed by atoms with van der Waals surface area (Å²) in [6, 6.07) is 7.15. The molecule has 0 heterocycles. The molecule has 4 nitrogen and oxygen atoms in total. The quantitative estimate of drug-likeness (QED) is 0.491. The van der Waals surface area contributed by atoms with Gasteiger partial charge in [-0.1, -0.05) is 6.07 Å². The summed E-state index contributed by atoms with van der Waals surface area (Å²) in [5.41, 5.74) is 12.2. The first-order valence-corrected chi connectivity index (χ1v) is 3.79. The molecule has 0 aliphatic carbocycles. The van der Waals surface area contributed by atoms with Crippen molar-refractivity contribution in [1.82, 2.24) is 4.90 Å². The van der Waals surface area contributed by atoms with Gasteiger partial charge in [-0.05, 0) is 18.2 Å². The van der Waals surface area contributed by atoms with Gasteiger partial charge in [-0.3, -0.25) is 4.79 Å². The molecule has 0 aliphatic rings. The van der Waals surface area contributed by atoms with Crippen LogP contribution in [-0.2, 0) is 4.79 Å². The number of carbonyl (C=O) groups is 1. The highest BCUT2D eigenvalue weighted by molar-refractivity contribution is 5.50. The lowest BCUT2D eigenvalue weighted by atomic mass is 10.3. The van der Waals surface area contributed by atoms with Gasteiger partial charge < -0.3 is 16.4 Å². The van der Waals surface area contributed by atoms with E-state index in [9.17, 15) is 4.79 Å². The molecule has 0 spiro atoms. The molecule has 0 fully saturated rings. The SMILES string of the molecule is CN(C)C=O.Nc1cccc(N)c1. The molecule has 72 valence electrons. The molecule has 1 aromatic carbocycles. The normalized spacial score (nSPS) is 8.15. The van der Waals surface area contributed by atoms with Crippen LogP contribution in [0, 0.1) is 0 Å². The maximum atomic E-state index is 9.43. The Balaban J connectivity index is 0.000000252. The highest BCUT2D eigenvalue weighted by Gasteiger charge is 1.81. The van der Waals surface area contributed by atoms with Crippen LogP contribution in [0.1, 0.15) is 0 Å². The van der Waals surface area contributed by atoms with E-state index < -0.39 is 0 Å². The number of rotatable bonds is 1. The number of carbonyl (C=O) groups excluding carboxylic acids is 1. The minimum atomic E-state index is 0.713. The summed E-state index contributed by atoms with van der Waals surface area (Å²) >= 11 is 0. The number of nitrogens with two attached hydrogens (primary N) is 2. The second-order valence-corrected chi connectivity index (χ2v) is 2.74. The molecule has 0 unspecified atom stereocenters. The van der Waals surface area contributed by atoms with Crippen molar-refractivity contribution >= 4 is 17.8 Å². The van der Waals surface area contributed by atoms with E-state index in [1.165, 1.54) is 4.90 Å². The molecule has 13 heavy (non-hydrogen) atoms. The summed E-state index contributed by atoms with van der Waals surface area (Å²) in [5, 5.41) is 0. The average Bonchev–Trinajstić information content (AvgIpc) is 2.05. The van der Waals surface area contributed by atoms with E-state index >= 15 is 0 Å². The lowest BCUT2D eigenvalue weighted by molar-refractivity contribution is -0.115. The molecule has 0 saturated carbocycles. The zero-order chi connectivity index (χ0) is 10.3. The van der Waals surface area contributed by atoms with Crippen LogP contribution in [0.3, 0.4) is 0 Å². The molecule has 0 aliphatic heterocycles. The van der Waals surface area contributed by atoms with E-state index in [2.05, 4.69) is 0 Å². The molecule has 0 saturated heterocycles. The fourth-order valence-corrected chi connectivity index (χ4v) is 0.559. The zero-order valence-electron chi connectivity index (χ0n) is 7.90. The van der Waals surface area contributed by atoms with E-state index in [4.69, 9.17) is 11.5 Å². The first-order valence-electron chi connectivity index (χ1n) is 3.79. The van der Waals surface area contributed by atoms with Gasteiger partial charge in [0.25, 0.3) is 0 Å². The van der Waals surface area contributed by atoms with Crippen molar-refractivity contribution in [3.63, 3.8) is 0 Å². The summed E-state index contributed by atoms with van der Waals surface area (Å²) in [6.07, 6.45) is 0.750. The van der Waals surface area contributed by atoms with E-state index in [1.807, 2.05) is 6.07 Å². The molecular formula is C9H15N3O. The van der Waals surface area contributed by atoms with Gasteiger partial charge in [-0.2, -0.15) is 0 Å². The molecule has 0 atom stereocenters. The van der Waals surface area contributed by atoms with Gasteiger partial charge in [-0.15, -0.1) is 0 Å². The van der Waals surface area contributed by atoms with Crippen LogP contribution in [0.15, 0.2) is 24.3 Å². The van der Waals surface area contributed by atoms with E-state index in [1.54, 1.807) is 32.3 Å². The van der Waals surface area contributed by atoms with Gasteiger partial charge >= 0.3 is 0 Å². The Bertz CT molecular complexity index is 244. The molecule has 4 heteroatoms. The van der Waals surface area contributed by atoms with Crippen LogP contribution in [0.4, 0.5) is 11.4 Å². The van der Waals surface area contributed by atoms with Crippen LogP contribution in [-0.4, -0.2) is 25.4 Å². The van der Waals surface area contributed by atoms with Gasteiger partial charge in [0.1, 0.15) is 0 Å². The van der Waals surface area contributed by atoms with Crippen LogP contribution < -0.4 is 11.5 Å². The van der Waals surface area contributed by atoms with Crippen LogP contribution in [0.2, 0.25) is 0 Å². The van der Waals surface area contributed by atoms with E-state index in [0.29, 0.717) is 11.4 Å². The molecule has 1 rings (SSSR count). The van der Waals surface area contributed by atoms with E-state index in [0.717, 1.165) is 6.41 Å². The number of anilines is 2. The molecule has 0 radical (unpaired) electrons.